The summed E-state index contributed by atoms with van der Waals surface area (Å²) in [6, 6.07) is 24.3. The van der Waals surface area contributed by atoms with Gasteiger partial charge in [0.1, 0.15) is 5.69 Å². The zero-order valence-corrected chi connectivity index (χ0v) is 18.1. The molecule has 0 saturated carbocycles. The molecular formula is C27H22N4O2. The molecule has 0 saturated heterocycles. The van der Waals surface area contributed by atoms with Crippen molar-refractivity contribution in [3.63, 3.8) is 0 Å². The molecule has 0 radical (unpaired) electrons. The number of hydrogen-bond acceptors (Lipinski definition) is 3. The lowest BCUT2D eigenvalue weighted by atomic mass is 10.1. The molecule has 0 unspecified atom stereocenters. The number of carbonyl (C=O) groups is 2. The number of aromatic nitrogens is 2. The minimum atomic E-state index is -0.388. The number of terminal acetylenes is 1. The van der Waals surface area contributed by atoms with Gasteiger partial charge in [-0.15, -0.1) is 6.42 Å². The zero-order valence-electron chi connectivity index (χ0n) is 18.1. The van der Waals surface area contributed by atoms with Crippen LogP contribution in [0.1, 0.15) is 21.5 Å². The van der Waals surface area contributed by atoms with E-state index < -0.39 is 0 Å². The standard InChI is InChI=1S/C27H22N4O2/c1-3-20-10-8-12-22(16-20)29-25(32)17-28-27(33)24-18-31(23-13-5-4-6-14-23)30-26(24)21-11-7-9-19(2)15-21/h1,4-16,18H,17H2,2H3,(H,28,33)(H,29,32). The normalized spacial score (nSPS) is 10.3. The van der Waals surface area contributed by atoms with Crippen molar-refractivity contribution < 1.29 is 9.59 Å². The van der Waals surface area contributed by atoms with Gasteiger partial charge in [-0.05, 0) is 43.3 Å². The fourth-order valence-electron chi connectivity index (χ4n) is 3.41. The van der Waals surface area contributed by atoms with Gasteiger partial charge in [-0.2, -0.15) is 5.10 Å². The van der Waals surface area contributed by atoms with Gasteiger partial charge in [0.15, 0.2) is 0 Å². The highest BCUT2D eigenvalue weighted by molar-refractivity contribution is 6.02. The maximum atomic E-state index is 13.1. The second-order valence-electron chi connectivity index (χ2n) is 7.50. The van der Waals surface area contributed by atoms with Crippen LogP contribution in [-0.2, 0) is 4.79 Å². The number of hydrogen-bond donors (Lipinski definition) is 2. The molecule has 0 atom stereocenters. The third kappa shape index (κ3) is 5.17. The van der Waals surface area contributed by atoms with E-state index in [1.54, 1.807) is 35.1 Å². The summed E-state index contributed by atoms with van der Waals surface area (Å²) in [6.45, 7) is 1.79. The maximum Gasteiger partial charge on any atom is 0.255 e. The highest BCUT2D eigenvalue weighted by Gasteiger charge is 2.19. The predicted octanol–water partition coefficient (Wildman–Crippen LogP) is 4.20. The smallest absolute Gasteiger partial charge is 0.255 e. The van der Waals surface area contributed by atoms with Crippen LogP contribution in [0.15, 0.2) is 85.1 Å². The molecule has 0 aliphatic carbocycles. The van der Waals surface area contributed by atoms with E-state index in [0.29, 0.717) is 22.5 Å². The molecule has 6 nitrogen and oxygen atoms in total. The van der Waals surface area contributed by atoms with Gasteiger partial charge < -0.3 is 10.6 Å². The third-order valence-corrected chi connectivity index (χ3v) is 4.99. The lowest BCUT2D eigenvalue weighted by molar-refractivity contribution is -0.115. The first-order chi connectivity index (χ1) is 16.0. The number of para-hydroxylation sites is 1. The second kappa shape index (κ2) is 9.67. The van der Waals surface area contributed by atoms with E-state index >= 15 is 0 Å². The average Bonchev–Trinajstić information content (AvgIpc) is 3.29. The molecule has 1 aromatic heterocycles. The molecule has 6 heteroatoms. The highest BCUT2D eigenvalue weighted by Crippen LogP contribution is 2.24. The molecule has 2 amide bonds. The van der Waals surface area contributed by atoms with Gasteiger partial charge in [0.05, 0.1) is 17.8 Å². The number of benzene rings is 3. The molecule has 0 fully saturated rings. The van der Waals surface area contributed by atoms with E-state index in [-0.39, 0.29) is 18.4 Å². The van der Waals surface area contributed by atoms with E-state index in [4.69, 9.17) is 6.42 Å². The lowest BCUT2D eigenvalue weighted by Gasteiger charge is -2.08. The van der Waals surface area contributed by atoms with Crippen molar-refractivity contribution in [3.8, 4) is 29.3 Å². The summed E-state index contributed by atoms with van der Waals surface area (Å²) in [5, 5.41) is 10.1. The maximum absolute atomic E-state index is 13.1. The molecule has 4 rings (SSSR count). The van der Waals surface area contributed by atoms with Gasteiger partial charge >= 0.3 is 0 Å². The van der Waals surface area contributed by atoms with Crippen molar-refractivity contribution in [1.82, 2.24) is 15.1 Å². The summed E-state index contributed by atoms with van der Waals surface area (Å²) in [5.41, 5.74) is 4.87. The van der Waals surface area contributed by atoms with Crippen LogP contribution in [0.25, 0.3) is 16.9 Å². The summed E-state index contributed by atoms with van der Waals surface area (Å²) < 4.78 is 1.66. The van der Waals surface area contributed by atoms with Gasteiger partial charge in [-0.1, -0.05) is 53.9 Å². The van der Waals surface area contributed by atoms with Crippen LogP contribution in [0.2, 0.25) is 0 Å². The first-order valence-electron chi connectivity index (χ1n) is 10.4. The molecule has 3 aromatic carbocycles. The number of nitrogens with one attached hydrogen (secondary N) is 2. The largest absolute Gasteiger partial charge is 0.343 e. The Balaban J connectivity index is 1.55. The molecule has 2 N–H and O–H groups in total. The van der Waals surface area contributed by atoms with Gasteiger partial charge in [0.2, 0.25) is 5.91 Å². The van der Waals surface area contributed by atoms with Crippen LogP contribution in [-0.4, -0.2) is 28.1 Å². The molecule has 0 spiro atoms. The quantitative estimate of drug-likeness (QED) is 0.447. The Morgan fingerprint density at radius 1 is 1.00 bits per heavy atom. The van der Waals surface area contributed by atoms with Crippen LogP contribution in [0.5, 0.6) is 0 Å². The van der Waals surface area contributed by atoms with Crippen molar-refractivity contribution in [2.75, 3.05) is 11.9 Å². The molecule has 4 aromatic rings. The molecular weight excluding hydrogens is 412 g/mol. The Morgan fingerprint density at radius 3 is 2.55 bits per heavy atom. The summed E-state index contributed by atoms with van der Waals surface area (Å²) >= 11 is 0. The van der Waals surface area contributed by atoms with Crippen LogP contribution in [0, 0.1) is 19.3 Å². The first-order valence-corrected chi connectivity index (χ1v) is 10.4. The van der Waals surface area contributed by atoms with Crippen molar-refractivity contribution in [1.29, 1.82) is 0 Å². The third-order valence-electron chi connectivity index (χ3n) is 4.99. The number of amides is 2. The Kier molecular flexibility index (Phi) is 6.33. The van der Waals surface area contributed by atoms with E-state index in [1.165, 1.54) is 0 Å². The zero-order chi connectivity index (χ0) is 23.2. The lowest BCUT2D eigenvalue weighted by Crippen LogP contribution is -2.33. The van der Waals surface area contributed by atoms with Crippen LogP contribution in [0.4, 0.5) is 5.69 Å². The van der Waals surface area contributed by atoms with Crippen molar-refractivity contribution in [3.05, 3.63) is 102 Å². The van der Waals surface area contributed by atoms with E-state index in [2.05, 4.69) is 21.7 Å². The van der Waals surface area contributed by atoms with E-state index in [0.717, 1.165) is 16.8 Å². The van der Waals surface area contributed by atoms with Gasteiger partial charge in [0.25, 0.3) is 5.91 Å². The Morgan fingerprint density at radius 2 is 1.79 bits per heavy atom. The number of aryl methyl sites for hydroxylation is 1. The first kappa shape index (κ1) is 21.6. The summed E-state index contributed by atoms with van der Waals surface area (Å²) in [4.78, 5) is 25.4. The van der Waals surface area contributed by atoms with Gasteiger partial charge in [-0.25, -0.2) is 4.68 Å². The van der Waals surface area contributed by atoms with Crippen LogP contribution in [0.3, 0.4) is 0 Å². The SMILES string of the molecule is C#Cc1cccc(NC(=O)CNC(=O)c2cn(-c3ccccc3)nc2-c2cccc(C)c2)c1. The molecule has 0 bridgehead atoms. The number of anilines is 1. The highest BCUT2D eigenvalue weighted by atomic mass is 16.2. The predicted molar refractivity (Wildman–Crippen MR) is 129 cm³/mol. The van der Waals surface area contributed by atoms with Crippen LogP contribution >= 0.6 is 0 Å². The van der Waals surface area contributed by atoms with Crippen molar-refractivity contribution >= 4 is 17.5 Å². The minimum absolute atomic E-state index is 0.192. The number of carbonyl (C=O) groups excluding carboxylic acids is 2. The molecule has 1 heterocycles. The Labute approximate surface area is 192 Å². The van der Waals surface area contributed by atoms with Crippen LogP contribution < -0.4 is 10.6 Å². The number of nitrogens with zero attached hydrogens (tertiary/aromatic N) is 2. The topological polar surface area (TPSA) is 76.0 Å². The monoisotopic (exact) mass is 434 g/mol. The van der Waals surface area contributed by atoms with Gasteiger partial charge in [0, 0.05) is 23.0 Å². The minimum Gasteiger partial charge on any atom is -0.343 e. The van der Waals surface area contributed by atoms with Crippen molar-refractivity contribution in [2.24, 2.45) is 0 Å². The molecule has 162 valence electrons. The molecule has 33 heavy (non-hydrogen) atoms. The molecule has 0 aliphatic heterocycles. The second-order valence-corrected chi connectivity index (χ2v) is 7.50. The average molecular weight is 434 g/mol. The molecule has 0 aliphatic rings. The fraction of sp³-hybridized carbons (Fsp3) is 0.0741. The summed E-state index contributed by atoms with van der Waals surface area (Å²) in [5.74, 6) is 1.78. The summed E-state index contributed by atoms with van der Waals surface area (Å²) in [6.07, 6.45) is 7.08. The fourth-order valence-corrected chi connectivity index (χ4v) is 3.41. The Bertz CT molecular complexity index is 1350. The Hall–Kier alpha value is -4.63. The van der Waals surface area contributed by atoms with E-state index in [9.17, 15) is 9.59 Å². The van der Waals surface area contributed by atoms with Gasteiger partial charge in [-0.3, -0.25) is 9.59 Å². The number of rotatable bonds is 6. The summed E-state index contributed by atoms with van der Waals surface area (Å²) in [7, 11) is 0. The van der Waals surface area contributed by atoms with E-state index in [1.807, 2.05) is 61.5 Å². The van der Waals surface area contributed by atoms with Crippen molar-refractivity contribution in [2.45, 2.75) is 6.92 Å².